The highest BCUT2D eigenvalue weighted by Gasteiger charge is 2.27. The van der Waals surface area contributed by atoms with E-state index < -0.39 is 11.5 Å². The number of Topliss-reactive ketones (excluding diaryl/α,β-unsaturated/α-hetero) is 1. The fourth-order valence-electron chi connectivity index (χ4n) is 1.43. The van der Waals surface area contributed by atoms with Crippen molar-refractivity contribution in [1.82, 2.24) is 0 Å². The number of carbonyl (C=O) groups excluding carboxylic acids is 1. The Bertz CT molecular complexity index is 322. The van der Waals surface area contributed by atoms with Gasteiger partial charge >= 0.3 is 0 Å². The maximum absolute atomic E-state index is 11.7. The van der Waals surface area contributed by atoms with Crippen LogP contribution in [0, 0.1) is 5.41 Å². The lowest BCUT2D eigenvalue weighted by molar-refractivity contribution is -0.134. The van der Waals surface area contributed by atoms with E-state index in [9.17, 15) is 9.90 Å². The Morgan fingerprint density at radius 3 is 2.27 bits per heavy atom. The molecule has 0 amide bonds. The molecule has 1 N–H and O–H groups in total. The van der Waals surface area contributed by atoms with E-state index in [1.807, 2.05) is 51.1 Å². The van der Waals surface area contributed by atoms with Crippen LogP contribution in [0.1, 0.15) is 26.3 Å². The first-order valence-electron chi connectivity index (χ1n) is 5.17. The summed E-state index contributed by atoms with van der Waals surface area (Å²) < 4.78 is 0. The van der Waals surface area contributed by atoms with E-state index in [0.717, 1.165) is 5.56 Å². The second kappa shape index (κ2) is 4.58. The summed E-state index contributed by atoms with van der Waals surface area (Å²) in [5.41, 5.74) is 0.511. The van der Waals surface area contributed by atoms with E-state index in [-0.39, 0.29) is 5.78 Å². The Labute approximate surface area is 90.9 Å². The summed E-state index contributed by atoms with van der Waals surface area (Å²) in [6, 6.07) is 9.56. The maximum atomic E-state index is 11.7. The molecule has 0 saturated heterocycles. The standard InChI is InChI=1S/C13H18O2/c1-13(2,3)12(15)11(14)9-10-7-5-4-6-8-10/h4-8,11,14H,9H2,1-3H3. The average molecular weight is 206 g/mol. The molecule has 0 aliphatic carbocycles. The van der Waals surface area contributed by atoms with E-state index in [2.05, 4.69) is 0 Å². The van der Waals surface area contributed by atoms with Crippen LogP contribution in [-0.4, -0.2) is 17.0 Å². The zero-order chi connectivity index (χ0) is 11.5. The van der Waals surface area contributed by atoms with Crippen LogP contribution in [0.15, 0.2) is 30.3 Å². The predicted octanol–water partition coefficient (Wildman–Crippen LogP) is 2.21. The summed E-state index contributed by atoms with van der Waals surface area (Å²) >= 11 is 0. The molecule has 15 heavy (non-hydrogen) atoms. The van der Waals surface area contributed by atoms with Gasteiger partial charge in [0, 0.05) is 11.8 Å². The number of hydrogen-bond acceptors (Lipinski definition) is 2. The van der Waals surface area contributed by atoms with Gasteiger partial charge < -0.3 is 5.11 Å². The van der Waals surface area contributed by atoms with Gasteiger partial charge in [-0.3, -0.25) is 4.79 Å². The minimum atomic E-state index is -0.896. The maximum Gasteiger partial charge on any atom is 0.166 e. The van der Waals surface area contributed by atoms with Crippen LogP contribution in [0.25, 0.3) is 0 Å². The first-order chi connectivity index (χ1) is 6.91. The second-order valence-electron chi connectivity index (χ2n) is 4.82. The molecule has 0 aromatic heterocycles. The van der Waals surface area contributed by atoms with E-state index >= 15 is 0 Å². The summed E-state index contributed by atoms with van der Waals surface area (Å²) in [4.78, 5) is 11.7. The summed E-state index contributed by atoms with van der Waals surface area (Å²) in [5, 5.41) is 9.76. The molecule has 2 heteroatoms. The van der Waals surface area contributed by atoms with Crippen molar-refractivity contribution in [2.24, 2.45) is 5.41 Å². The summed E-state index contributed by atoms with van der Waals surface area (Å²) in [7, 11) is 0. The molecule has 1 aromatic rings. The van der Waals surface area contributed by atoms with E-state index in [4.69, 9.17) is 0 Å². The van der Waals surface area contributed by atoms with Crippen LogP contribution in [0.5, 0.6) is 0 Å². The Kier molecular flexibility index (Phi) is 3.64. The molecule has 0 fully saturated rings. The topological polar surface area (TPSA) is 37.3 Å². The molecule has 0 radical (unpaired) electrons. The first-order valence-corrected chi connectivity index (χ1v) is 5.17. The summed E-state index contributed by atoms with van der Waals surface area (Å²) in [6.07, 6.45) is -0.496. The molecule has 1 atom stereocenters. The van der Waals surface area contributed by atoms with Crippen molar-refractivity contribution in [2.45, 2.75) is 33.3 Å². The lowest BCUT2D eigenvalue weighted by Crippen LogP contribution is -2.33. The molecule has 1 unspecified atom stereocenters. The highest BCUT2D eigenvalue weighted by molar-refractivity contribution is 5.87. The molecule has 0 aliphatic heterocycles. The van der Waals surface area contributed by atoms with Crippen molar-refractivity contribution in [3.63, 3.8) is 0 Å². The van der Waals surface area contributed by atoms with Crippen molar-refractivity contribution in [3.05, 3.63) is 35.9 Å². The van der Waals surface area contributed by atoms with Crippen LogP contribution >= 0.6 is 0 Å². The van der Waals surface area contributed by atoms with E-state index in [1.165, 1.54) is 0 Å². The number of aliphatic hydroxyl groups is 1. The van der Waals surface area contributed by atoms with Gasteiger partial charge in [-0.15, -0.1) is 0 Å². The Morgan fingerprint density at radius 2 is 1.80 bits per heavy atom. The van der Waals surface area contributed by atoms with Gasteiger partial charge in [0.2, 0.25) is 0 Å². The third kappa shape index (κ3) is 3.48. The van der Waals surface area contributed by atoms with Crippen LogP contribution < -0.4 is 0 Å². The number of rotatable bonds is 3. The van der Waals surface area contributed by atoms with Gasteiger partial charge in [-0.05, 0) is 5.56 Å². The van der Waals surface area contributed by atoms with Crippen molar-refractivity contribution >= 4 is 5.78 Å². The summed E-state index contributed by atoms with van der Waals surface area (Å²) in [5.74, 6) is -0.105. The van der Waals surface area contributed by atoms with Gasteiger partial charge in [0.15, 0.2) is 5.78 Å². The average Bonchev–Trinajstić information content (AvgIpc) is 2.16. The van der Waals surface area contributed by atoms with Gasteiger partial charge in [-0.1, -0.05) is 51.1 Å². The van der Waals surface area contributed by atoms with Gasteiger partial charge in [0.25, 0.3) is 0 Å². The lowest BCUT2D eigenvalue weighted by Gasteiger charge is -2.20. The van der Waals surface area contributed by atoms with E-state index in [0.29, 0.717) is 6.42 Å². The highest BCUT2D eigenvalue weighted by Crippen LogP contribution is 2.18. The van der Waals surface area contributed by atoms with Crippen LogP contribution in [0.3, 0.4) is 0 Å². The Morgan fingerprint density at radius 1 is 1.27 bits per heavy atom. The monoisotopic (exact) mass is 206 g/mol. The SMILES string of the molecule is CC(C)(C)C(=O)C(O)Cc1ccccc1. The highest BCUT2D eigenvalue weighted by atomic mass is 16.3. The second-order valence-corrected chi connectivity index (χ2v) is 4.82. The Hall–Kier alpha value is -1.15. The van der Waals surface area contributed by atoms with Crippen LogP contribution in [0.2, 0.25) is 0 Å². The molecule has 1 aromatic carbocycles. The molecular weight excluding hydrogens is 188 g/mol. The third-order valence-corrected chi connectivity index (χ3v) is 2.31. The fourth-order valence-corrected chi connectivity index (χ4v) is 1.43. The van der Waals surface area contributed by atoms with Crippen LogP contribution in [0.4, 0.5) is 0 Å². The first kappa shape index (κ1) is 11.9. The zero-order valence-corrected chi connectivity index (χ0v) is 9.53. The van der Waals surface area contributed by atoms with Gasteiger partial charge in [0.05, 0.1) is 0 Å². The van der Waals surface area contributed by atoms with Crippen molar-refractivity contribution < 1.29 is 9.90 Å². The number of hydrogen-bond donors (Lipinski definition) is 1. The third-order valence-electron chi connectivity index (χ3n) is 2.31. The molecule has 0 saturated carbocycles. The molecule has 1 rings (SSSR count). The van der Waals surface area contributed by atoms with Gasteiger partial charge in [0.1, 0.15) is 6.10 Å². The predicted molar refractivity (Wildman–Crippen MR) is 60.6 cm³/mol. The van der Waals surface area contributed by atoms with Crippen molar-refractivity contribution in [3.8, 4) is 0 Å². The molecule has 82 valence electrons. The number of carbonyl (C=O) groups is 1. The number of ketones is 1. The van der Waals surface area contributed by atoms with Gasteiger partial charge in [-0.25, -0.2) is 0 Å². The Balaban J connectivity index is 2.65. The van der Waals surface area contributed by atoms with Crippen molar-refractivity contribution in [2.75, 3.05) is 0 Å². The normalized spacial score (nSPS) is 13.6. The smallest absolute Gasteiger partial charge is 0.166 e. The minimum absolute atomic E-state index is 0.105. The molecule has 0 spiro atoms. The number of benzene rings is 1. The minimum Gasteiger partial charge on any atom is -0.385 e. The molecule has 0 heterocycles. The molecule has 0 aliphatic rings. The van der Waals surface area contributed by atoms with Crippen molar-refractivity contribution in [1.29, 1.82) is 0 Å². The zero-order valence-electron chi connectivity index (χ0n) is 9.53. The van der Waals surface area contributed by atoms with E-state index in [1.54, 1.807) is 0 Å². The van der Waals surface area contributed by atoms with Crippen LogP contribution in [-0.2, 0) is 11.2 Å². The largest absolute Gasteiger partial charge is 0.385 e. The lowest BCUT2D eigenvalue weighted by atomic mass is 9.86. The molecular formula is C13H18O2. The fraction of sp³-hybridized carbons (Fsp3) is 0.462. The molecule has 2 nitrogen and oxygen atoms in total. The molecule has 0 bridgehead atoms. The number of aliphatic hydroxyl groups excluding tert-OH is 1. The summed E-state index contributed by atoms with van der Waals surface area (Å²) in [6.45, 7) is 5.47. The quantitative estimate of drug-likeness (QED) is 0.823. The van der Waals surface area contributed by atoms with Gasteiger partial charge in [-0.2, -0.15) is 0 Å².